The van der Waals surface area contributed by atoms with Gasteiger partial charge in [0.15, 0.2) is 5.96 Å². The number of benzene rings is 2. The fraction of sp³-hybridized carbons (Fsp3) is 0.333. The van der Waals surface area contributed by atoms with Crippen LogP contribution in [-0.4, -0.2) is 41.8 Å². The van der Waals surface area contributed by atoms with Crippen LogP contribution in [0.15, 0.2) is 72.0 Å². The Bertz CT molecular complexity index is 964. The average molecular weight is 551 g/mol. The van der Waals surface area contributed by atoms with Crippen LogP contribution in [0.3, 0.4) is 0 Å². The van der Waals surface area contributed by atoms with E-state index in [4.69, 9.17) is 4.74 Å². The second-order valence-corrected chi connectivity index (χ2v) is 7.19. The summed E-state index contributed by atoms with van der Waals surface area (Å²) < 4.78 is 21.4. The summed E-state index contributed by atoms with van der Waals surface area (Å²) in [5.74, 6) is 1.94. The average Bonchev–Trinajstić information content (AvgIpc) is 3.22. The predicted molar refractivity (Wildman–Crippen MR) is 137 cm³/mol. The van der Waals surface area contributed by atoms with Gasteiger partial charge in [-0.1, -0.05) is 43.3 Å². The van der Waals surface area contributed by atoms with E-state index >= 15 is 0 Å². The number of hydrogen-bond donors (Lipinski definition) is 2. The lowest BCUT2D eigenvalue weighted by Crippen LogP contribution is -2.43. The normalized spacial score (nSPS) is 12.0. The van der Waals surface area contributed by atoms with Crippen molar-refractivity contribution in [2.75, 3.05) is 20.1 Å². The van der Waals surface area contributed by atoms with Crippen LogP contribution in [-0.2, 0) is 13.0 Å². The number of imidazole rings is 1. The minimum absolute atomic E-state index is 0. The molecule has 1 aromatic heterocycles. The quantitative estimate of drug-likeness (QED) is 0.225. The highest BCUT2D eigenvalue weighted by atomic mass is 127. The molecule has 1 heterocycles. The zero-order valence-electron chi connectivity index (χ0n) is 18.5. The highest BCUT2D eigenvalue weighted by Gasteiger charge is 2.10. The molecular formula is C24H31FIN5O. The van der Waals surface area contributed by atoms with Gasteiger partial charge in [0.1, 0.15) is 23.5 Å². The SMILES string of the molecule is CCC(CNC(=NC)NCCc1nccn1Cc1ccccc1)Oc1cccc(F)c1.I. The summed E-state index contributed by atoms with van der Waals surface area (Å²) in [5, 5.41) is 6.60. The molecule has 0 aliphatic rings. The molecule has 6 nitrogen and oxygen atoms in total. The van der Waals surface area contributed by atoms with E-state index in [9.17, 15) is 4.39 Å². The number of hydrogen-bond acceptors (Lipinski definition) is 3. The highest BCUT2D eigenvalue weighted by Crippen LogP contribution is 2.14. The number of halogens is 2. The van der Waals surface area contributed by atoms with Gasteiger partial charge in [-0.2, -0.15) is 0 Å². The maximum atomic E-state index is 13.4. The topological polar surface area (TPSA) is 63.5 Å². The van der Waals surface area contributed by atoms with Gasteiger partial charge in [-0.3, -0.25) is 4.99 Å². The van der Waals surface area contributed by atoms with Crippen LogP contribution >= 0.6 is 24.0 Å². The molecule has 0 saturated carbocycles. The van der Waals surface area contributed by atoms with Gasteiger partial charge in [0.05, 0.1) is 6.54 Å². The second kappa shape index (κ2) is 13.7. The molecule has 0 aliphatic carbocycles. The first-order valence-electron chi connectivity index (χ1n) is 10.6. The van der Waals surface area contributed by atoms with Crippen LogP contribution in [0.1, 0.15) is 24.7 Å². The van der Waals surface area contributed by atoms with Crippen molar-refractivity contribution in [2.45, 2.75) is 32.4 Å². The Balaban J connectivity index is 0.00000363. The number of ether oxygens (including phenoxy) is 1. The van der Waals surface area contributed by atoms with Gasteiger partial charge in [-0.25, -0.2) is 9.37 Å². The smallest absolute Gasteiger partial charge is 0.191 e. The predicted octanol–water partition coefficient (Wildman–Crippen LogP) is 4.25. The number of nitrogens with zero attached hydrogens (tertiary/aromatic N) is 3. The highest BCUT2D eigenvalue weighted by molar-refractivity contribution is 14.0. The molecular weight excluding hydrogens is 520 g/mol. The molecule has 1 atom stereocenters. The van der Waals surface area contributed by atoms with Crippen molar-refractivity contribution >= 4 is 29.9 Å². The summed E-state index contributed by atoms with van der Waals surface area (Å²) in [6.45, 7) is 4.11. The van der Waals surface area contributed by atoms with Gasteiger partial charge in [0.25, 0.3) is 0 Å². The van der Waals surface area contributed by atoms with E-state index in [2.05, 4.69) is 37.3 Å². The van der Waals surface area contributed by atoms with Crippen molar-refractivity contribution in [3.8, 4) is 5.75 Å². The lowest BCUT2D eigenvalue weighted by Gasteiger charge is -2.20. The van der Waals surface area contributed by atoms with Gasteiger partial charge in [0.2, 0.25) is 0 Å². The number of guanidine groups is 1. The third kappa shape index (κ3) is 8.14. The Morgan fingerprint density at radius 3 is 2.69 bits per heavy atom. The molecule has 3 rings (SSSR count). The van der Waals surface area contributed by atoms with E-state index in [1.165, 1.54) is 17.7 Å². The van der Waals surface area contributed by atoms with Crippen molar-refractivity contribution in [1.29, 1.82) is 0 Å². The van der Waals surface area contributed by atoms with E-state index in [1.807, 2.05) is 37.5 Å². The van der Waals surface area contributed by atoms with Crippen molar-refractivity contribution in [1.82, 2.24) is 20.2 Å². The summed E-state index contributed by atoms with van der Waals surface area (Å²) >= 11 is 0. The largest absolute Gasteiger partial charge is 0.489 e. The third-order valence-electron chi connectivity index (χ3n) is 4.91. The van der Waals surface area contributed by atoms with Gasteiger partial charge in [0, 0.05) is 45.0 Å². The van der Waals surface area contributed by atoms with E-state index in [0.29, 0.717) is 24.8 Å². The minimum Gasteiger partial charge on any atom is -0.489 e. The standard InChI is InChI=1S/C24H30FN5O.HI/c1-3-21(31-22-11-7-10-20(25)16-22)17-29-24(26-2)28-13-12-23-27-14-15-30(23)18-19-8-5-4-6-9-19;/h4-11,14-16,21H,3,12-13,17-18H2,1-2H3,(H2,26,28,29);1H. The van der Waals surface area contributed by atoms with Crippen molar-refractivity contribution in [3.63, 3.8) is 0 Å². The van der Waals surface area contributed by atoms with E-state index < -0.39 is 0 Å². The van der Waals surface area contributed by atoms with Gasteiger partial charge < -0.3 is 19.9 Å². The molecule has 0 saturated heterocycles. The first-order chi connectivity index (χ1) is 15.2. The van der Waals surface area contributed by atoms with Crippen LogP contribution in [0.5, 0.6) is 5.75 Å². The molecule has 1 unspecified atom stereocenters. The maximum Gasteiger partial charge on any atom is 0.191 e. The molecule has 172 valence electrons. The second-order valence-electron chi connectivity index (χ2n) is 7.19. The van der Waals surface area contributed by atoms with Crippen LogP contribution in [0.4, 0.5) is 4.39 Å². The number of aromatic nitrogens is 2. The summed E-state index contributed by atoms with van der Waals surface area (Å²) in [7, 11) is 1.74. The fourth-order valence-corrected chi connectivity index (χ4v) is 3.22. The van der Waals surface area contributed by atoms with Gasteiger partial charge >= 0.3 is 0 Å². The van der Waals surface area contributed by atoms with Crippen molar-refractivity contribution in [2.24, 2.45) is 4.99 Å². The lowest BCUT2D eigenvalue weighted by atomic mass is 10.2. The number of aliphatic imine (C=N–C) groups is 1. The summed E-state index contributed by atoms with van der Waals surface area (Å²) in [6.07, 6.45) is 5.31. The van der Waals surface area contributed by atoms with Crippen LogP contribution < -0.4 is 15.4 Å². The summed E-state index contributed by atoms with van der Waals surface area (Å²) in [5.41, 5.74) is 1.25. The fourth-order valence-electron chi connectivity index (χ4n) is 3.22. The Labute approximate surface area is 206 Å². The first-order valence-corrected chi connectivity index (χ1v) is 10.6. The molecule has 2 N–H and O–H groups in total. The first kappa shape index (κ1) is 25.6. The minimum atomic E-state index is -0.302. The van der Waals surface area contributed by atoms with E-state index in [0.717, 1.165) is 25.2 Å². The number of rotatable bonds is 10. The Morgan fingerprint density at radius 1 is 1.16 bits per heavy atom. The van der Waals surface area contributed by atoms with Crippen molar-refractivity contribution in [3.05, 3.63) is 84.2 Å². The zero-order chi connectivity index (χ0) is 21.9. The van der Waals surface area contributed by atoms with E-state index in [1.54, 1.807) is 19.2 Å². The Kier molecular flexibility index (Phi) is 11.0. The molecule has 2 aromatic carbocycles. The van der Waals surface area contributed by atoms with Crippen molar-refractivity contribution < 1.29 is 9.13 Å². The third-order valence-corrected chi connectivity index (χ3v) is 4.91. The summed E-state index contributed by atoms with van der Waals surface area (Å²) in [4.78, 5) is 8.76. The molecule has 0 fully saturated rings. The number of nitrogens with one attached hydrogen (secondary N) is 2. The molecule has 0 amide bonds. The lowest BCUT2D eigenvalue weighted by molar-refractivity contribution is 0.199. The van der Waals surface area contributed by atoms with E-state index in [-0.39, 0.29) is 35.9 Å². The zero-order valence-corrected chi connectivity index (χ0v) is 20.8. The maximum absolute atomic E-state index is 13.4. The monoisotopic (exact) mass is 551 g/mol. The molecule has 0 radical (unpaired) electrons. The molecule has 8 heteroatoms. The van der Waals surface area contributed by atoms with Gasteiger partial charge in [-0.05, 0) is 24.1 Å². The van der Waals surface area contributed by atoms with Gasteiger partial charge in [-0.15, -0.1) is 24.0 Å². The van der Waals surface area contributed by atoms with Crippen LogP contribution in [0.2, 0.25) is 0 Å². The Morgan fingerprint density at radius 2 is 1.97 bits per heavy atom. The van der Waals surface area contributed by atoms with Crippen LogP contribution in [0, 0.1) is 5.82 Å². The summed E-state index contributed by atoms with van der Waals surface area (Å²) in [6, 6.07) is 16.6. The molecule has 0 aliphatic heterocycles. The molecule has 32 heavy (non-hydrogen) atoms. The van der Waals surface area contributed by atoms with Crippen LogP contribution in [0.25, 0.3) is 0 Å². The molecule has 0 bridgehead atoms. The molecule has 0 spiro atoms. The Hall–Kier alpha value is -2.62. The molecule has 3 aromatic rings.